The zero-order valence-electron chi connectivity index (χ0n) is 13.0. The first kappa shape index (κ1) is 15.1. The fourth-order valence-corrected chi connectivity index (χ4v) is 2.90. The molecular formula is C18H18N2O3. The molecule has 1 aliphatic rings. The number of hydrogen-bond acceptors (Lipinski definition) is 4. The molecule has 0 bridgehead atoms. The Balaban J connectivity index is 2.21. The van der Waals surface area contributed by atoms with E-state index in [1.54, 1.807) is 20.4 Å². The standard InChI is InChI=1S/C18H18N2O3/c1-11(18(21)22)12-7-5-9-15(23-2)16(12)17-13-6-3-4-8-14(13)19-10-20-17/h3-11,17H,1-2H3,(H,19,20)(H,21,22). The van der Waals surface area contributed by atoms with E-state index in [2.05, 4.69) is 10.3 Å². The first-order chi connectivity index (χ1) is 11.1. The van der Waals surface area contributed by atoms with Gasteiger partial charge in [0.15, 0.2) is 0 Å². The molecule has 118 valence electrons. The van der Waals surface area contributed by atoms with Crippen molar-refractivity contribution in [1.29, 1.82) is 0 Å². The fourth-order valence-electron chi connectivity index (χ4n) is 2.90. The van der Waals surface area contributed by atoms with Gasteiger partial charge in [0.2, 0.25) is 0 Å². The summed E-state index contributed by atoms with van der Waals surface area (Å²) in [7, 11) is 1.59. The van der Waals surface area contributed by atoms with Crippen molar-refractivity contribution in [3.05, 3.63) is 59.2 Å². The summed E-state index contributed by atoms with van der Waals surface area (Å²) in [4.78, 5) is 16.0. The lowest BCUT2D eigenvalue weighted by molar-refractivity contribution is -0.138. The minimum Gasteiger partial charge on any atom is -0.496 e. The molecule has 23 heavy (non-hydrogen) atoms. The normalized spacial score (nSPS) is 17.0. The number of benzene rings is 2. The lowest BCUT2D eigenvalue weighted by atomic mass is 9.87. The summed E-state index contributed by atoms with van der Waals surface area (Å²) in [5, 5.41) is 12.5. The van der Waals surface area contributed by atoms with Gasteiger partial charge in [0.25, 0.3) is 0 Å². The third-order valence-corrected chi connectivity index (χ3v) is 4.13. The Morgan fingerprint density at radius 1 is 1.26 bits per heavy atom. The van der Waals surface area contributed by atoms with Crippen LogP contribution in [0.15, 0.2) is 47.5 Å². The van der Waals surface area contributed by atoms with Crippen LogP contribution in [0.1, 0.15) is 35.6 Å². The van der Waals surface area contributed by atoms with Crippen molar-refractivity contribution in [2.45, 2.75) is 18.9 Å². The average Bonchev–Trinajstić information content (AvgIpc) is 2.59. The molecule has 0 aromatic heterocycles. The largest absolute Gasteiger partial charge is 0.496 e. The number of carboxylic acid groups (broad SMARTS) is 1. The van der Waals surface area contributed by atoms with E-state index in [0.717, 1.165) is 22.4 Å². The van der Waals surface area contributed by atoms with Crippen LogP contribution in [0.2, 0.25) is 0 Å². The topological polar surface area (TPSA) is 70.9 Å². The van der Waals surface area contributed by atoms with Crippen LogP contribution in [-0.4, -0.2) is 24.5 Å². The summed E-state index contributed by atoms with van der Waals surface area (Å²) in [5.41, 5.74) is 3.48. The molecule has 2 atom stereocenters. The maximum Gasteiger partial charge on any atom is 0.310 e. The van der Waals surface area contributed by atoms with E-state index >= 15 is 0 Å². The molecule has 0 spiro atoms. The molecule has 3 rings (SSSR count). The number of ether oxygens (including phenoxy) is 1. The van der Waals surface area contributed by atoms with Gasteiger partial charge in [-0.3, -0.25) is 9.79 Å². The quantitative estimate of drug-likeness (QED) is 0.907. The van der Waals surface area contributed by atoms with Crippen molar-refractivity contribution in [3.63, 3.8) is 0 Å². The number of rotatable bonds is 4. The van der Waals surface area contributed by atoms with Crippen LogP contribution >= 0.6 is 0 Å². The first-order valence-corrected chi connectivity index (χ1v) is 7.40. The fraction of sp³-hybridized carbons (Fsp3) is 0.222. The van der Waals surface area contributed by atoms with Crippen molar-refractivity contribution >= 4 is 18.0 Å². The van der Waals surface area contributed by atoms with E-state index in [1.807, 2.05) is 42.5 Å². The molecule has 2 aromatic carbocycles. The minimum absolute atomic E-state index is 0.291. The van der Waals surface area contributed by atoms with Gasteiger partial charge in [-0.15, -0.1) is 0 Å². The second-order valence-electron chi connectivity index (χ2n) is 5.44. The van der Waals surface area contributed by atoms with Gasteiger partial charge in [-0.05, 0) is 24.6 Å². The molecule has 2 unspecified atom stereocenters. The van der Waals surface area contributed by atoms with E-state index in [0.29, 0.717) is 5.75 Å². The predicted molar refractivity (Wildman–Crippen MR) is 89.4 cm³/mol. The highest BCUT2D eigenvalue weighted by molar-refractivity contribution is 5.82. The highest BCUT2D eigenvalue weighted by atomic mass is 16.5. The van der Waals surface area contributed by atoms with Crippen molar-refractivity contribution < 1.29 is 14.6 Å². The molecule has 5 heteroatoms. The molecule has 1 aliphatic heterocycles. The van der Waals surface area contributed by atoms with Gasteiger partial charge in [-0.2, -0.15) is 0 Å². The number of aliphatic imine (C=N–C) groups is 1. The number of carbonyl (C=O) groups is 1. The second kappa shape index (κ2) is 6.12. The Hall–Kier alpha value is -2.82. The van der Waals surface area contributed by atoms with Crippen LogP contribution < -0.4 is 10.1 Å². The predicted octanol–water partition coefficient (Wildman–Crippen LogP) is 3.43. The maximum absolute atomic E-state index is 11.5. The number of carboxylic acids is 1. The van der Waals surface area contributed by atoms with Crippen LogP contribution in [0, 0.1) is 0 Å². The van der Waals surface area contributed by atoms with E-state index < -0.39 is 11.9 Å². The van der Waals surface area contributed by atoms with Crippen LogP contribution in [-0.2, 0) is 4.79 Å². The van der Waals surface area contributed by atoms with E-state index in [-0.39, 0.29) is 6.04 Å². The highest BCUT2D eigenvalue weighted by Crippen LogP contribution is 2.41. The van der Waals surface area contributed by atoms with Gasteiger partial charge in [0.1, 0.15) is 11.8 Å². The number of hydrogen-bond donors (Lipinski definition) is 2. The average molecular weight is 310 g/mol. The number of methoxy groups -OCH3 is 1. The summed E-state index contributed by atoms with van der Waals surface area (Å²) in [6, 6.07) is 13.1. The molecule has 0 aliphatic carbocycles. The molecule has 0 amide bonds. The van der Waals surface area contributed by atoms with E-state index in [1.165, 1.54) is 0 Å². The second-order valence-corrected chi connectivity index (χ2v) is 5.44. The molecule has 1 heterocycles. The van der Waals surface area contributed by atoms with Gasteiger partial charge in [0.05, 0.1) is 19.4 Å². The minimum atomic E-state index is -0.870. The number of anilines is 1. The number of fused-ring (bicyclic) bond motifs is 1. The number of nitrogens with zero attached hydrogens (tertiary/aromatic N) is 1. The summed E-state index contributed by atoms with van der Waals surface area (Å²) in [6.07, 6.45) is 1.65. The molecule has 0 fully saturated rings. The number of nitrogens with one attached hydrogen (secondary N) is 1. The molecule has 2 aromatic rings. The summed E-state index contributed by atoms with van der Waals surface area (Å²) >= 11 is 0. The Kier molecular flexibility index (Phi) is 4.02. The van der Waals surface area contributed by atoms with E-state index in [4.69, 9.17) is 4.74 Å². The van der Waals surface area contributed by atoms with E-state index in [9.17, 15) is 9.90 Å². The SMILES string of the molecule is COc1cccc(C(C)C(=O)O)c1C1N=CNc2ccccc21. The van der Waals surface area contributed by atoms with Crippen molar-refractivity contribution in [3.8, 4) is 5.75 Å². The maximum atomic E-state index is 11.5. The molecule has 0 radical (unpaired) electrons. The molecular weight excluding hydrogens is 292 g/mol. The van der Waals surface area contributed by atoms with Gasteiger partial charge < -0.3 is 15.2 Å². The van der Waals surface area contributed by atoms with Crippen molar-refractivity contribution in [2.75, 3.05) is 12.4 Å². The highest BCUT2D eigenvalue weighted by Gasteiger charge is 2.28. The lowest BCUT2D eigenvalue weighted by Crippen LogP contribution is -2.16. The summed E-state index contributed by atoms with van der Waals surface area (Å²) in [5.74, 6) is -0.863. The van der Waals surface area contributed by atoms with Crippen LogP contribution in [0.25, 0.3) is 0 Å². The lowest BCUT2D eigenvalue weighted by Gasteiger charge is -2.26. The summed E-state index contributed by atoms with van der Waals surface area (Å²) < 4.78 is 5.50. The Bertz CT molecular complexity index is 771. The third kappa shape index (κ3) is 2.65. The summed E-state index contributed by atoms with van der Waals surface area (Å²) in [6.45, 7) is 1.68. The van der Waals surface area contributed by atoms with Gasteiger partial charge in [-0.1, -0.05) is 30.3 Å². The Labute approximate surface area is 134 Å². The van der Waals surface area contributed by atoms with Crippen LogP contribution in [0.5, 0.6) is 5.75 Å². The van der Waals surface area contributed by atoms with Crippen LogP contribution in [0.4, 0.5) is 5.69 Å². The van der Waals surface area contributed by atoms with Crippen LogP contribution in [0.3, 0.4) is 0 Å². The molecule has 0 saturated heterocycles. The zero-order chi connectivity index (χ0) is 16.4. The Morgan fingerprint density at radius 3 is 2.78 bits per heavy atom. The monoisotopic (exact) mass is 310 g/mol. The zero-order valence-corrected chi connectivity index (χ0v) is 13.0. The first-order valence-electron chi connectivity index (χ1n) is 7.40. The molecule has 2 N–H and O–H groups in total. The van der Waals surface area contributed by atoms with Gasteiger partial charge in [-0.25, -0.2) is 0 Å². The smallest absolute Gasteiger partial charge is 0.310 e. The Morgan fingerprint density at radius 2 is 2.04 bits per heavy atom. The van der Waals surface area contributed by atoms with Crippen molar-refractivity contribution in [1.82, 2.24) is 0 Å². The third-order valence-electron chi connectivity index (χ3n) is 4.13. The van der Waals surface area contributed by atoms with Gasteiger partial charge >= 0.3 is 5.97 Å². The molecule has 5 nitrogen and oxygen atoms in total. The number of aliphatic carboxylic acids is 1. The van der Waals surface area contributed by atoms with Gasteiger partial charge in [0, 0.05) is 16.8 Å². The number of para-hydroxylation sites is 1. The molecule has 0 saturated carbocycles. The van der Waals surface area contributed by atoms with Crippen molar-refractivity contribution in [2.24, 2.45) is 4.99 Å².